The van der Waals surface area contributed by atoms with Gasteiger partial charge in [-0.15, -0.1) is 0 Å². The van der Waals surface area contributed by atoms with Crippen LogP contribution in [0.15, 0.2) is 121 Å². The Bertz CT molecular complexity index is 1890. The lowest BCUT2D eigenvalue weighted by Gasteiger charge is -2.47. The number of esters is 1. The Morgan fingerprint density at radius 2 is 1.13 bits per heavy atom. The SMILES string of the molecule is CC1(C)OC[C@H]([C@@H]2OC(O)[C@H](OC(=O)C(C)(C)C)[C@H]2O[C@H]2O[C@H](COCc3ccccc3)[C@H](OCc3ccccc3)[C@H](OCc3ccccc3)[C@H]2OCc2ccccc2)O1. The third-order valence-corrected chi connectivity index (χ3v) is 10.6. The van der Waals surface area contributed by atoms with Crippen LogP contribution in [0.5, 0.6) is 0 Å². The van der Waals surface area contributed by atoms with E-state index in [0.29, 0.717) is 6.61 Å². The molecule has 0 amide bonds. The Kier molecular flexibility index (Phi) is 14.8. The molecule has 3 saturated heterocycles. The molecule has 3 aliphatic rings. The molecule has 3 heterocycles. The first-order valence-electron chi connectivity index (χ1n) is 20.7. The van der Waals surface area contributed by atoms with E-state index in [-0.39, 0.29) is 33.0 Å². The summed E-state index contributed by atoms with van der Waals surface area (Å²) < 4.78 is 65.2. The molecule has 12 nitrogen and oxygen atoms in total. The molecule has 10 atom stereocenters. The van der Waals surface area contributed by atoms with E-state index in [1.807, 2.05) is 121 Å². The van der Waals surface area contributed by atoms with Crippen molar-refractivity contribution in [1.82, 2.24) is 0 Å². The lowest BCUT2D eigenvalue weighted by Crippen LogP contribution is -2.63. The second-order valence-corrected chi connectivity index (χ2v) is 16.9. The van der Waals surface area contributed by atoms with Gasteiger partial charge in [-0.25, -0.2) is 0 Å². The number of carbonyl (C=O) groups is 1. The summed E-state index contributed by atoms with van der Waals surface area (Å²) in [5, 5.41) is 11.4. The van der Waals surface area contributed by atoms with Crippen molar-refractivity contribution in [1.29, 1.82) is 0 Å². The zero-order valence-corrected chi connectivity index (χ0v) is 35.0. The Balaban J connectivity index is 1.26. The first-order valence-corrected chi connectivity index (χ1v) is 20.7. The van der Waals surface area contributed by atoms with E-state index in [0.717, 1.165) is 22.3 Å². The summed E-state index contributed by atoms with van der Waals surface area (Å²) >= 11 is 0. The van der Waals surface area contributed by atoms with Crippen LogP contribution in [0, 0.1) is 5.41 Å². The number of aliphatic hydroxyl groups excluding tert-OH is 1. The van der Waals surface area contributed by atoms with Gasteiger partial charge in [-0.1, -0.05) is 121 Å². The summed E-state index contributed by atoms with van der Waals surface area (Å²) in [6.07, 6.45) is -9.84. The van der Waals surface area contributed by atoms with Gasteiger partial charge < -0.3 is 52.5 Å². The molecule has 0 aromatic heterocycles. The van der Waals surface area contributed by atoms with Crippen LogP contribution in [0.1, 0.15) is 56.9 Å². The van der Waals surface area contributed by atoms with Crippen molar-refractivity contribution in [3.8, 4) is 0 Å². The molecule has 3 aliphatic heterocycles. The van der Waals surface area contributed by atoms with Crippen molar-refractivity contribution in [2.75, 3.05) is 13.2 Å². The number of ether oxygens (including phenoxy) is 10. The maximum Gasteiger partial charge on any atom is 0.311 e. The summed E-state index contributed by atoms with van der Waals surface area (Å²) in [5.41, 5.74) is 2.94. The molecule has 4 aromatic carbocycles. The molecule has 1 unspecified atom stereocenters. The van der Waals surface area contributed by atoms with Crippen LogP contribution < -0.4 is 0 Å². The van der Waals surface area contributed by atoms with E-state index in [1.54, 1.807) is 34.6 Å². The number of hydrogen-bond donors (Lipinski definition) is 1. The Hall–Kier alpha value is -4.05. The van der Waals surface area contributed by atoms with Gasteiger partial charge in [-0.3, -0.25) is 4.79 Å². The molecule has 0 saturated carbocycles. The van der Waals surface area contributed by atoms with E-state index < -0.39 is 78.6 Å². The van der Waals surface area contributed by atoms with Gasteiger partial charge in [0.05, 0.1) is 45.1 Å². The maximum absolute atomic E-state index is 13.4. The second kappa shape index (κ2) is 20.2. The van der Waals surface area contributed by atoms with Gasteiger partial charge in [0.15, 0.2) is 24.5 Å². The Labute approximate surface area is 352 Å². The van der Waals surface area contributed by atoms with Crippen LogP contribution >= 0.6 is 0 Å². The van der Waals surface area contributed by atoms with Crippen LogP contribution in [0.25, 0.3) is 0 Å². The van der Waals surface area contributed by atoms with Crippen LogP contribution in [-0.4, -0.2) is 91.5 Å². The fourth-order valence-corrected chi connectivity index (χ4v) is 7.43. The zero-order valence-electron chi connectivity index (χ0n) is 35.0. The average molecular weight is 827 g/mol. The maximum atomic E-state index is 13.4. The monoisotopic (exact) mass is 826 g/mol. The van der Waals surface area contributed by atoms with Crippen LogP contribution in [-0.2, 0) is 78.6 Å². The Morgan fingerprint density at radius 3 is 1.62 bits per heavy atom. The number of carbonyl (C=O) groups excluding carboxylic acids is 1. The smallest absolute Gasteiger partial charge is 0.311 e. The summed E-state index contributed by atoms with van der Waals surface area (Å²) in [7, 11) is 0. The van der Waals surface area contributed by atoms with Crippen LogP contribution in [0.2, 0.25) is 0 Å². The van der Waals surface area contributed by atoms with Gasteiger partial charge >= 0.3 is 5.97 Å². The molecule has 3 fully saturated rings. The molecule has 0 spiro atoms. The molecule has 0 bridgehead atoms. The Morgan fingerprint density at radius 1 is 0.650 bits per heavy atom. The van der Waals surface area contributed by atoms with Gasteiger partial charge in [0.1, 0.15) is 42.7 Å². The van der Waals surface area contributed by atoms with E-state index in [2.05, 4.69) is 0 Å². The predicted octanol–water partition coefficient (Wildman–Crippen LogP) is 6.90. The number of rotatable bonds is 17. The zero-order chi connectivity index (χ0) is 42.1. The van der Waals surface area contributed by atoms with Crippen molar-refractivity contribution in [2.24, 2.45) is 5.41 Å². The van der Waals surface area contributed by atoms with Gasteiger partial charge in [-0.2, -0.15) is 0 Å². The highest BCUT2D eigenvalue weighted by Crippen LogP contribution is 2.39. The van der Waals surface area contributed by atoms with Gasteiger partial charge in [0, 0.05) is 0 Å². The third-order valence-electron chi connectivity index (χ3n) is 10.6. The molecule has 7 rings (SSSR count). The topological polar surface area (TPSA) is 130 Å². The first kappa shape index (κ1) is 44.0. The molecule has 4 aromatic rings. The van der Waals surface area contributed by atoms with E-state index in [1.165, 1.54) is 0 Å². The average Bonchev–Trinajstić information content (AvgIpc) is 3.76. The molecule has 12 heteroatoms. The number of aliphatic hydroxyl groups is 1. The highest BCUT2D eigenvalue weighted by atomic mass is 16.8. The molecule has 0 radical (unpaired) electrons. The van der Waals surface area contributed by atoms with Crippen molar-refractivity contribution in [2.45, 2.75) is 128 Å². The van der Waals surface area contributed by atoms with Crippen molar-refractivity contribution in [3.05, 3.63) is 144 Å². The fourth-order valence-electron chi connectivity index (χ4n) is 7.43. The first-order chi connectivity index (χ1) is 28.9. The second-order valence-electron chi connectivity index (χ2n) is 16.9. The molecular formula is C48H58O12. The highest BCUT2D eigenvalue weighted by Gasteiger charge is 2.57. The van der Waals surface area contributed by atoms with Gasteiger partial charge in [0.2, 0.25) is 0 Å². The number of benzene rings is 4. The molecule has 60 heavy (non-hydrogen) atoms. The van der Waals surface area contributed by atoms with Crippen molar-refractivity contribution in [3.63, 3.8) is 0 Å². The molecule has 0 aliphatic carbocycles. The van der Waals surface area contributed by atoms with Crippen LogP contribution in [0.4, 0.5) is 0 Å². The summed E-state index contributed by atoms with van der Waals surface area (Å²) in [5.74, 6) is -1.46. The molecule has 322 valence electrons. The molecule has 1 N–H and O–H groups in total. The normalized spacial score (nSPS) is 29.0. The molecular weight excluding hydrogens is 769 g/mol. The minimum absolute atomic E-state index is 0.105. The largest absolute Gasteiger partial charge is 0.454 e. The fraction of sp³-hybridized carbons (Fsp3) is 0.479. The standard InChI is InChI=1S/C48H58O12/c1-47(2,3)46(50)59-42-41(39(57-44(42)49)37-31-55-48(4,5)60-37)58-45-43(54-29-35-24-16-9-17-25-35)40(53-28-34-22-14-8-15-23-34)38(52-27-33-20-12-7-13-21-33)36(56-45)30-51-26-32-18-10-6-11-19-32/h6-25,36-45,49H,26-31H2,1-5H3/t36-,37-,38+,39+,40+,41+,42-,43-,44?,45-/m1/s1. The lowest BCUT2D eigenvalue weighted by molar-refractivity contribution is -0.342. The predicted molar refractivity (Wildman–Crippen MR) is 220 cm³/mol. The van der Waals surface area contributed by atoms with Crippen molar-refractivity contribution < 1.29 is 57.3 Å². The number of hydrogen-bond acceptors (Lipinski definition) is 12. The van der Waals surface area contributed by atoms with Crippen molar-refractivity contribution >= 4 is 5.97 Å². The lowest BCUT2D eigenvalue weighted by atomic mass is 9.96. The minimum Gasteiger partial charge on any atom is -0.454 e. The third kappa shape index (κ3) is 11.6. The summed E-state index contributed by atoms with van der Waals surface area (Å²) in [6.45, 7) is 10.1. The highest BCUT2D eigenvalue weighted by molar-refractivity contribution is 5.75. The summed E-state index contributed by atoms with van der Waals surface area (Å²) in [4.78, 5) is 13.4. The van der Waals surface area contributed by atoms with Gasteiger partial charge in [0.25, 0.3) is 0 Å². The quantitative estimate of drug-likeness (QED) is 0.111. The summed E-state index contributed by atoms with van der Waals surface area (Å²) in [6, 6.07) is 39.4. The van der Waals surface area contributed by atoms with Crippen LogP contribution in [0.3, 0.4) is 0 Å². The van der Waals surface area contributed by atoms with E-state index in [9.17, 15) is 9.90 Å². The minimum atomic E-state index is -1.54. The van der Waals surface area contributed by atoms with E-state index >= 15 is 0 Å². The van der Waals surface area contributed by atoms with Gasteiger partial charge in [-0.05, 0) is 56.9 Å². The van der Waals surface area contributed by atoms with E-state index in [4.69, 9.17) is 47.4 Å².